The Morgan fingerprint density at radius 3 is 2.61 bits per heavy atom. The maximum Gasteiger partial charge on any atom is 0.639 e. The maximum absolute atomic E-state index is 11.4. The fourth-order valence-corrected chi connectivity index (χ4v) is 2.55. The molecule has 1 aromatic rings. The van der Waals surface area contributed by atoms with Crippen LogP contribution in [0.15, 0.2) is 24.3 Å². The van der Waals surface area contributed by atoms with E-state index in [-0.39, 0.29) is 12.1 Å². The summed E-state index contributed by atoms with van der Waals surface area (Å²) in [5, 5.41) is 0. The third kappa shape index (κ3) is 4.45. The zero-order valence-electron chi connectivity index (χ0n) is 13.1. The SMILES string of the molecule is COC(=O)c1ccc(OC[C@H]2CN3CCOB(OCC3)O2)cc1. The van der Waals surface area contributed by atoms with Gasteiger partial charge in [-0.25, -0.2) is 4.79 Å². The van der Waals surface area contributed by atoms with Crippen LogP contribution < -0.4 is 4.74 Å². The van der Waals surface area contributed by atoms with Crippen molar-refractivity contribution in [3.63, 3.8) is 0 Å². The highest BCUT2D eigenvalue weighted by atomic mass is 16.7. The topological polar surface area (TPSA) is 66.5 Å². The van der Waals surface area contributed by atoms with E-state index in [0.29, 0.717) is 31.1 Å². The summed E-state index contributed by atoms with van der Waals surface area (Å²) < 4.78 is 27.2. The molecule has 2 bridgehead atoms. The van der Waals surface area contributed by atoms with Crippen LogP contribution in [0.3, 0.4) is 0 Å². The van der Waals surface area contributed by atoms with Crippen molar-refractivity contribution in [1.82, 2.24) is 4.90 Å². The van der Waals surface area contributed by atoms with Crippen molar-refractivity contribution in [2.75, 3.05) is 46.6 Å². The smallest absolute Gasteiger partial charge is 0.491 e. The first-order valence-electron chi connectivity index (χ1n) is 7.67. The van der Waals surface area contributed by atoms with Gasteiger partial charge in [0.1, 0.15) is 12.4 Å². The van der Waals surface area contributed by atoms with Gasteiger partial charge in [0.25, 0.3) is 0 Å². The lowest BCUT2D eigenvalue weighted by atomic mass is 10.1. The number of rotatable bonds is 4. The number of esters is 1. The fraction of sp³-hybridized carbons (Fsp3) is 0.533. The van der Waals surface area contributed by atoms with Crippen LogP contribution in [0.2, 0.25) is 0 Å². The number of fused-ring (bicyclic) bond motifs is 6. The van der Waals surface area contributed by atoms with E-state index in [1.54, 1.807) is 24.3 Å². The Labute approximate surface area is 135 Å². The number of hydrogen-bond donors (Lipinski definition) is 0. The van der Waals surface area contributed by atoms with Gasteiger partial charge in [0.05, 0.1) is 18.8 Å². The molecule has 7 nitrogen and oxygen atoms in total. The Bertz CT molecular complexity index is 501. The van der Waals surface area contributed by atoms with E-state index in [1.165, 1.54) is 7.11 Å². The van der Waals surface area contributed by atoms with Crippen LogP contribution in [0.5, 0.6) is 5.75 Å². The zero-order chi connectivity index (χ0) is 16.1. The molecule has 23 heavy (non-hydrogen) atoms. The molecular formula is C15H20BNO6. The van der Waals surface area contributed by atoms with Crippen molar-refractivity contribution < 1.29 is 28.2 Å². The molecule has 4 rings (SSSR count). The molecule has 3 heterocycles. The molecule has 0 saturated carbocycles. The van der Waals surface area contributed by atoms with Crippen LogP contribution >= 0.6 is 0 Å². The van der Waals surface area contributed by atoms with Crippen molar-refractivity contribution in [3.8, 4) is 5.75 Å². The van der Waals surface area contributed by atoms with Crippen molar-refractivity contribution in [2.45, 2.75) is 6.10 Å². The number of nitrogens with zero attached hydrogens (tertiary/aromatic N) is 1. The number of ether oxygens (including phenoxy) is 2. The molecule has 0 aromatic heterocycles. The Morgan fingerprint density at radius 1 is 1.26 bits per heavy atom. The molecule has 0 radical (unpaired) electrons. The highest BCUT2D eigenvalue weighted by molar-refractivity contribution is 6.36. The number of hydrogen-bond acceptors (Lipinski definition) is 7. The number of methoxy groups -OCH3 is 1. The molecule has 8 heteroatoms. The molecule has 3 fully saturated rings. The largest absolute Gasteiger partial charge is 0.639 e. The second-order valence-electron chi connectivity index (χ2n) is 5.42. The van der Waals surface area contributed by atoms with Crippen molar-refractivity contribution >= 4 is 13.3 Å². The van der Waals surface area contributed by atoms with Gasteiger partial charge in [-0.3, -0.25) is 4.90 Å². The minimum atomic E-state index is -0.618. The monoisotopic (exact) mass is 321 g/mol. The Morgan fingerprint density at radius 2 is 1.96 bits per heavy atom. The second-order valence-corrected chi connectivity index (χ2v) is 5.42. The van der Waals surface area contributed by atoms with Crippen LogP contribution in [0, 0.1) is 0 Å². The van der Waals surface area contributed by atoms with E-state index < -0.39 is 7.32 Å². The summed E-state index contributed by atoms with van der Waals surface area (Å²) in [6, 6.07) is 6.82. The van der Waals surface area contributed by atoms with E-state index >= 15 is 0 Å². The molecular weight excluding hydrogens is 301 g/mol. The van der Waals surface area contributed by atoms with Gasteiger partial charge in [0.2, 0.25) is 0 Å². The highest BCUT2D eigenvalue weighted by Crippen LogP contribution is 2.15. The summed E-state index contributed by atoms with van der Waals surface area (Å²) in [6.45, 7) is 4.11. The third-order valence-electron chi connectivity index (χ3n) is 3.80. The quantitative estimate of drug-likeness (QED) is 0.594. The molecule has 0 aliphatic carbocycles. The third-order valence-corrected chi connectivity index (χ3v) is 3.80. The standard InChI is InChI=1S/C15H20BNO6/c1-19-15(18)12-2-4-13(5-3-12)20-11-14-10-17-6-8-21-16(23-14)22-9-7-17/h2-5,14H,6-11H2,1H3/t14-/m1/s1. The number of benzene rings is 1. The summed E-state index contributed by atoms with van der Waals surface area (Å²) >= 11 is 0. The molecule has 1 aromatic carbocycles. The van der Waals surface area contributed by atoms with Crippen molar-refractivity contribution in [1.29, 1.82) is 0 Å². The van der Waals surface area contributed by atoms with Gasteiger partial charge in [-0.1, -0.05) is 0 Å². The second kappa shape index (κ2) is 7.78. The lowest BCUT2D eigenvalue weighted by Crippen LogP contribution is -2.51. The number of carbonyl (C=O) groups excluding carboxylic acids is 1. The van der Waals surface area contributed by atoms with E-state index in [1.807, 2.05) is 0 Å². The summed E-state index contributed by atoms with van der Waals surface area (Å²) in [7, 11) is 0.738. The highest BCUT2D eigenvalue weighted by Gasteiger charge is 2.32. The van der Waals surface area contributed by atoms with Crippen molar-refractivity contribution in [3.05, 3.63) is 29.8 Å². The van der Waals surface area contributed by atoms with Gasteiger partial charge in [0, 0.05) is 32.8 Å². The summed E-state index contributed by atoms with van der Waals surface area (Å²) in [5.41, 5.74) is 0.490. The lowest BCUT2D eigenvalue weighted by Gasteiger charge is -2.34. The first-order chi connectivity index (χ1) is 11.2. The first-order valence-corrected chi connectivity index (χ1v) is 7.67. The van der Waals surface area contributed by atoms with E-state index in [2.05, 4.69) is 9.64 Å². The molecule has 3 saturated heterocycles. The van der Waals surface area contributed by atoms with Crippen LogP contribution in [-0.2, 0) is 18.7 Å². The minimum absolute atomic E-state index is 0.138. The average molecular weight is 321 g/mol. The predicted octanol–water partition coefficient (Wildman–Crippen LogP) is 0.585. The van der Waals surface area contributed by atoms with Crippen LogP contribution in [0.25, 0.3) is 0 Å². The van der Waals surface area contributed by atoms with Gasteiger partial charge >= 0.3 is 13.3 Å². The van der Waals surface area contributed by atoms with Gasteiger partial charge in [-0.05, 0) is 24.3 Å². The molecule has 0 spiro atoms. The molecule has 3 aliphatic heterocycles. The van der Waals surface area contributed by atoms with E-state index in [9.17, 15) is 4.79 Å². The first kappa shape index (κ1) is 16.3. The minimum Gasteiger partial charge on any atom is -0.491 e. The fourth-order valence-electron chi connectivity index (χ4n) is 2.55. The summed E-state index contributed by atoms with van der Waals surface area (Å²) in [6.07, 6.45) is -0.138. The normalized spacial score (nSPS) is 24.5. The Balaban J connectivity index is 1.55. The molecule has 1 atom stereocenters. The van der Waals surface area contributed by atoms with Crippen LogP contribution in [-0.4, -0.2) is 70.9 Å². The lowest BCUT2D eigenvalue weighted by molar-refractivity contribution is -0.0321. The predicted molar refractivity (Wildman–Crippen MR) is 82.2 cm³/mol. The number of carbonyl (C=O) groups is 1. The van der Waals surface area contributed by atoms with Crippen molar-refractivity contribution in [2.24, 2.45) is 0 Å². The molecule has 0 amide bonds. The zero-order valence-corrected chi connectivity index (χ0v) is 13.1. The molecule has 3 aliphatic rings. The Kier molecular flexibility index (Phi) is 5.50. The molecule has 124 valence electrons. The van der Waals surface area contributed by atoms with Gasteiger partial charge in [0.15, 0.2) is 0 Å². The van der Waals surface area contributed by atoms with Gasteiger partial charge in [-0.2, -0.15) is 0 Å². The van der Waals surface area contributed by atoms with Gasteiger partial charge in [-0.15, -0.1) is 0 Å². The van der Waals surface area contributed by atoms with E-state index in [0.717, 1.165) is 19.6 Å². The molecule has 0 N–H and O–H groups in total. The summed E-state index contributed by atoms with van der Waals surface area (Å²) in [5.74, 6) is 0.306. The van der Waals surface area contributed by atoms with Crippen LogP contribution in [0.4, 0.5) is 0 Å². The van der Waals surface area contributed by atoms with E-state index in [4.69, 9.17) is 18.7 Å². The maximum atomic E-state index is 11.4. The van der Waals surface area contributed by atoms with Crippen LogP contribution in [0.1, 0.15) is 10.4 Å². The summed E-state index contributed by atoms with van der Waals surface area (Å²) in [4.78, 5) is 13.6. The molecule has 0 unspecified atom stereocenters. The average Bonchev–Trinajstić information content (AvgIpc) is 2.52. The Hall–Kier alpha value is -1.61. The van der Waals surface area contributed by atoms with Gasteiger partial charge < -0.3 is 23.4 Å².